The first-order valence-corrected chi connectivity index (χ1v) is 47.2. The summed E-state index contributed by atoms with van der Waals surface area (Å²) in [7, 11) is 0. The SMILES string of the molecule is FC(F)(F)c1ccc(N(c2cc(-c3ccccc3)cc(-c3ccccc3)c2)c2ccc3ccc4c(N(c5ccc(C(F)(F)F)cc5)c5cc(-c6ccccc6)cc(-c6ccccc6)c5)ccc5ccc2c3c54)cc1.Fc1cccc(N(c2cc(-c3ccccc3)cc(-c3ccccc3)c2)c2ccc3ccc4c(N(c5cc(-c6ccccc6)cc(-c6ccccc6)c5)c5cccc(F)c5F)ccc5ccc2c3c54)c1F. The maximum atomic E-state index is 16.6. The molecule has 0 aromatic heterocycles. The molecule has 0 N–H and O–H groups in total. The van der Waals surface area contributed by atoms with E-state index in [9.17, 15) is 26.3 Å². The standard InChI is InChI=1S/C66H42F6N2.C64H40F4N2/c67-65(68,69)53-25-29-55(30-26-53)73(57-39-49(43-13-5-1-6-14-43)37-50(40-57)44-15-7-2-8-16-44)61-35-23-47-22-34-60-62(36-24-48-21-33-59(61)63(47)64(48)60)74(56-31-27-54(28-32-56)66(70,71)72)58-41-51(45-17-9-3-10-18-45)38-52(42-58)46-19-11-4-12-20-46;65-55-23-13-25-59(63(55)67)69(51-37-47(41-15-5-1-6-16-41)35-48(38-51)42-17-7-2-8-18-42)57-33-29-45-28-32-54-58(34-30-46-27-31-53(57)61(45)62(46)54)70(60-26-14-24-56(66)64(60)68)52-39-49(43-19-9-3-10-20-43)36-50(40-52)44-21-11-4-12-22-44/h1-42H;1-40H. The van der Waals surface area contributed by atoms with Crippen LogP contribution in [-0.4, -0.2) is 0 Å². The first kappa shape index (κ1) is 89.7. The number of benzene rings is 24. The lowest BCUT2D eigenvalue weighted by Crippen LogP contribution is -2.14. The Morgan fingerprint density at radius 3 is 0.549 bits per heavy atom. The summed E-state index contributed by atoms with van der Waals surface area (Å²) < 4.78 is 149. The summed E-state index contributed by atoms with van der Waals surface area (Å²) in [6, 6.07) is 156. The zero-order chi connectivity index (χ0) is 97.9. The van der Waals surface area contributed by atoms with Gasteiger partial charge in [0.05, 0.1) is 45.3 Å². The molecule has 0 heterocycles. The van der Waals surface area contributed by atoms with E-state index in [4.69, 9.17) is 0 Å². The highest BCUT2D eigenvalue weighted by Crippen LogP contribution is 2.55. The highest BCUT2D eigenvalue weighted by Gasteiger charge is 2.35. The molecule has 0 aliphatic rings. The third-order valence-electron chi connectivity index (χ3n) is 27.0. The number of nitrogens with zero attached hydrogens (tertiary/aromatic N) is 4. The number of hydrogen-bond donors (Lipinski definition) is 0. The van der Waals surface area contributed by atoms with E-state index in [2.05, 4.69) is 72.8 Å². The van der Waals surface area contributed by atoms with Crippen LogP contribution in [-0.2, 0) is 12.4 Å². The molecule has 24 aromatic rings. The molecule has 0 unspecified atom stereocenters. The van der Waals surface area contributed by atoms with Crippen LogP contribution >= 0.6 is 0 Å². The van der Waals surface area contributed by atoms with Crippen molar-refractivity contribution in [2.24, 2.45) is 0 Å². The Kier molecular flexibility index (Phi) is 23.4. The molecule has 0 bridgehead atoms. The van der Waals surface area contributed by atoms with Gasteiger partial charge in [0.1, 0.15) is 0 Å². The zero-order valence-electron chi connectivity index (χ0n) is 76.9. The molecular formula is C130H82F10N4. The fourth-order valence-corrected chi connectivity index (χ4v) is 20.3. The maximum Gasteiger partial charge on any atom is 0.416 e. The van der Waals surface area contributed by atoms with E-state index in [1.165, 1.54) is 36.4 Å². The maximum absolute atomic E-state index is 16.6. The Bertz CT molecular complexity index is 8120. The van der Waals surface area contributed by atoms with Crippen molar-refractivity contribution in [1.82, 2.24) is 0 Å². The van der Waals surface area contributed by atoms with Crippen LogP contribution in [0.15, 0.2) is 497 Å². The normalized spacial score (nSPS) is 11.7. The molecule has 0 aliphatic heterocycles. The van der Waals surface area contributed by atoms with Gasteiger partial charge in [-0.25, -0.2) is 17.6 Å². The molecule has 144 heavy (non-hydrogen) atoms. The molecular weight excluding hydrogens is 1810 g/mol. The summed E-state index contributed by atoms with van der Waals surface area (Å²) in [4.78, 5) is 7.67. The van der Waals surface area contributed by atoms with E-state index >= 15 is 17.6 Å². The van der Waals surface area contributed by atoms with Crippen molar-refractivity contribution in [3.8, 4) is 89.0 Å². The minimum atomic E-state index is -4.54. The summed E-state index contributed by atoms with van der Waals surface area (Å²) in [5, 5.41) is 10.6. The first-order valence-electron chi connectivity index (χ1n) is 47.2. The minimum absolute atomic E-state index is 0.0419. The van der Waals surface area contributed by atoms with Gasteiger partial charge in [-0.3, -0.25) is 0 Å². The van der Waals surface area contributed by atoms with E-state index < -0.39 is 46.7 Å². The lowest BCUT2D eigenvalue weighted by molar-refractivity contribution is -0.138. The topological polar surface area (TPSA) is 13.0 Å². The molecule has 0 spiro atoms. The van der Waals surface area contributed by atoms with Gasteiger partial charge in [0.2, 0.25) is 0 Å². The first-order chi connectivity index (χ1) is 70.3. The smallest absolute Gasteiger partial charge is 0.310 e. The molecule has 24 aromatic carbocycles. The fourth-order valence-electron chi connectivity index (χ4n) is 20.3. The van der Waals surface area contributed by atoms with Gasteiger partial charge in [-0.2, -0.15) is 26.3 Å². The monoisotopic (exact) mass is 1890 g/mol. The van der Waals surface area contributed by atoms with Crippen LogP contribution in [0.4, 0.5) is 112 Å². The van der Waals surface area contributed by atoms with Gasteiger partial charge >= 0.3 is 12.4 Å². The van der Waals surface area contributed by atoms with Crippen molar-refractivity contribution in [3.63, 3.8) is 0 Å². The van der Waals surface area contributed by atoms with Crippen molar-refractivity contribution in [1.29, 1.82) is 0 Å². The molecule has 0 amide bonds. The third-order valence-corrected chi connectivity index (χ3v) is 27.0. The molecule has 4 nitrogen and oxygen atoms in total. The molecule has 14 heteroatoms. The van der Waals surface area contributed by atoms with Crippen LogP contribution < -0.4 is 19.6 Å². The average Bonchev–Trinajstić information content (AvgIpc) is 0.719. The quantitative estimate of drug-likeness (QED) is 0.0557. The van der Waals surface area contributed by atoms with Gasteiger partial charge in [0.25, 0.3) is 0 Å². The van der Waals surface area contributed by atoms with E-state index in [1.54, 1.807) is 21.9 Å². The molecule has 0 radical (unpaired) electrons. The number of rotatable bonds is 20. The van der Waals surface area contributed by atoms with Crippen molar-refractivity contribution in [3.05, 3.63) is 532 Å². The molecule has 24 rings (SSSR count). The Balaban J connectivity index is 0.000000160. The summed E-state index contributed by atoms with van der Waals surface area (Å²) in [6.07, 6.45) is -9.08. The minimum Gasteiger partial charge on any atom is -0.310 e. The van der Waals surface area contributed by atoms with Gasteiger partial charge in [0, 0.05) is 55.7 Å². The fraction of sp³-hybridized carbons (Fsp3) is 0.0154. The number of alkyl halides is 6. The van der Waals surface area contributed by atoms with Crippen molar-refractivity contribution in [2.45, 2.75) is 12.4 Å². The lowest BCUT2D eigenvalue weighted by Gasteiger charge is -2.30. The van der Waals surface area contributed by atoms with Crippen molar-refractivity contribution >= 4 is 133 Å². The lowest BCUT2D eigenvalue weighted by atomic mass is 9.91. The van der Waals surface area contributed by atoms with Gasteiger partial charge < -0.3 is 19.6 Å². The van der Waals surface area contributed by atoms with Crippen LogP contribution in [0.1, 0.15) is 11.1 Å². The van der Waals surface area contributed by atoms with Crippen molar-refractivity contribution in [2.75, 3.05) is 19.6 Å². The Labute approximate surface area is 824 Å². The second-order valence-electron chi connectivity index (χ2n) is 35.8. The van der Waals surface area contributed by atoms with Gasteiger partial charge in [-0.15, -0.1) is 0 Å². The zero-order valence-corrected chi connectivity index (χ0v) is 76.9. The largest absolute Gasteiger partial charge is 0.416 e. The Morgan fingerprint density at radius 1 is 0.146 bits per heavy atom. The third kappa shape index (κ3) is 17.2. The van der Waals surface area contributed by atoms with Crippen LogP contribution in [0.5, 0.6) is 0 Å². The summed E-state index contributed by atoms with van der Waals surface area (Å²) >= 11 is 0. The molecule has 0 fully saturated rings. The predicted octanol–water partition coefficient (Wildman–Crippen LogP) is 39.0. The van der Waals surface area contributed by atoms with E-state index in [0.717, 1.165) is 213 Å². The van der Waals surface area contributed by atoms with Crippen LogP contribution in [0.25, 0.3) is 154 Å². The summed E-state index contributed by atoms with van der Waals surface area (Å²) in [6.45, 7) is 0. The van der Waals surface area contributed by atoms with E-state index in [1.807, 2.05) is 350 Å². The number of hydrogen-bond acceptors (Lipinski definition) is 4. The van der Waals surface area contributed by atoms with Gasteiger partial charge in [0.15, 0.2) is 23.3 Å². The van der Waals surface area contributed by atoms with E-state index in [-0.39, 0.29) is 11.4 Å². The van der Waals surface area contributed by atoms with Gasteiger partial charge in [-0.1, -0.05) is 328 Å². The predicted molar refractivity (Wildman–Crippen MR) is 572 cm³/mol. The van der Waals surface area contributed by atoms with Crippen molar-refractivity contribution < 1.29 is 43.9 Å². The van der Waals surface area contributed by atoms with Crippen LogP contribution in [0.3, 0.4) is 0 Å². The average molecular weight is 1890 g/mol. The molecule has 0 saturated carbocycles. The number of halogens is 10. The van der Waals surface area contributed by atoms with Crippen LogP contribution in [0.2, 0.25) is 0 Å². The molecule has 0 saturated heterocycles. The summed E-state index contributed by atoms with van der Waals surface area (Å²) in [5.74, 6) is -3.91. The number of anilines is 12. The van der Waals surface area contributed by atoms with Gasteiger partial charge in [-0.05, 0) is 302 Å². The highest BCUT2D eigenvalue weighted by molar-refractivity contribution is 6.30. The Morgan fingerprint density at radius 2 is 0.340 bits per heavy atom. The van der Waals surface area contributed by atoms with Crippen LogP contribution in [0, 0.1) is 23.3 Å². The van der Waals surface area contributed by atoms with E-state index in [0.29, 0.717) is 34.1 Å². The summed E-state index contributed by atoms with van der Waals surface area (Å²) in [5.41, 5.74) is 20.2. The second kappa shape index (κ2) is 37.5. The molecule has 692 valence electrons. The second-order valence-corrected chi connectivity index (χ2v) is 35.8. The highest BCUT2D eigenvalue weighted by atomic mass is 19.4. The molecule has 0 aliphatic carbocycles. The molecule has 0 atom stereocenters. The Hall–Kier alpha value is -18.1.